The predicted octanol–water partition coefficient (Wildman–Crippen LogP) is 5.92. The molecule has 0 saturated heterocycles. The second-order valence-corrected chi connectivity index (χ2v) is 7.68. The van der Waals surface area contributed by atoms with Crippen LogP contribution in [0, 0.1) is 0 Å². The number of alkyl halides is 1. The van der Waals surface area contributed by atoms with Gasteiger partial charge in [0, 0.05) is 12.4 Å². The van der Waals surface area contributed by atoms with Gasteiger partial charge in [-0.1, -0.05) is 72.8 Å². The number of likely N-dealkylation sites (N-methyl/N-ethyl adjacent to an activating group) is 1. The van der Waals surface area contributed by atoms with Crippen LogP contribution in [0.15, 0.2) is 84.9 Å². The first-order valence-electron chi connectivity index (χ1n) is 10.5. The minimum Gasteiger partial charge on any atom is -0.492 e. The number of halogens is 1. The Morgan fingerprint density at radius 1 is 0.875 bits per heavy atom. The van der Waals surface area contributed by atoms with Crippen molar-refractivity contribution in [2.75, 3.05) is 33.1 Å². The summed E-state index contributed by atoms with van der Waals surface area (Å²) in [7, 11) is 4.09. The van der Waals surface area contributed by atoms with Crippen LogP contribution in [0.4, 0.5) is 0 Å². The number of benzene rings is 3. The van der Waals surface area contributed by atoms with Crippen molar-refractivity contribution in [2.45, 2.75) is 6.42 Å². The maximum absolute atomic E-state index is 8.36. The van der Waals surface area contributed by atoms with Gasteiger partial charge in [0.05, 0.1) is 0 Å². The van der Waals surface area contributed by atoms with Gasteiger partial charge in [-0.2, -0.15) is 0 Å². The van der Waals surface area contributed by atoms with Gasteiger partial charge in [0.2, 0.25) is 0 Å². The lowest BCUT2D eigenvalue weighted by molar-refractivity contribution is -0.122. The molecule has 3 aromatic carbocycles. The Morgan fingerprint density at radius 2 is 1.38 bits per heavy atom. The third-order valence-electron chi connectivity index (χ3n) is 4.78. The van der Waals surface area contributed by atoms with Crippen molar-refractivity contribution in [3.63, 3.8) is 0 Å². The van der Waals surface area contributed by atoms with Crippen LogP contribution in [0.25, 0.3) is 11.1 Å². The average molecular weight is 452 g/mol. The highest BCUT2D eigenvalue weighted by molar-refractivity contribution is 6.18. The Kier molecular flexibility index (Phi) is 11.1. The van der Waals surface area contributed by atoms with E-state index < -0.39 is 0 Å². The predicted molar refractivity (Wildman–Crippen MR) is 133 cm³/mol. The maximum atomic E-state index is 8.36. The van der Waals surface area contributed by atoms with Gasteiger partial charge in [0.25, 0.3) is 6.47 Å². The van der Waals surface area contributed by atoms with Gasteiger partial charge in [0.15, 0.2) is 0 Å². The summed E-state index contributed by atoms with van der Waals surface area (Å²) in [6.45, 7) is 1.32. The number of nitrogens with zero attached hydrogens (tertiary/aromatic N) is 1. The van der Waals surface area contributed by atoms with Crippen molar-refractivity contribution in [1.29, 1.82) is 0 Å². The fraction of sp³-hybridized carbons (Fsp3) is 0.222. The van der Waals surface area contributed by atoms with Gasteiger partial charge in [-0.25, -0.2) is 0 Å². The van der Waals surface area contributed by atoms with Crippen molar-refractivity contribution >= 4 is 29.2 Å². The van der Waals surface area contributed by atoms with E-state index >= 15 is 0 Å². The SMILES string of the molecule is CN(C)CCOc1ccc(/C(=C(/CCCl)c2ccccc2)c2ccccc2)cc1.O=CO. The standard InChI is InChI=1S/C26H28ClNO.CH2O2/c1-28(2)19-20-29-24-15-13-23(14-16-24)26(22-11-7-4-8-12-22)25(17-18-27)21-9-5-3-6-10-21;2-1-3/h3-16H,17-20H2,1-2H3;1H,(H,2,3)/b26-25-;. The molecular formula is C27H30ClNO3. The zero-order chi connectivity index (χ0) is 23.2. The summed E-state index contributed by atoms with van der Waals surface area (Å²) in [5.74, 6) is 1.47. The number of carboxylic acid groups (broad SMARTS) is 1. The summed E-state index contributed by atoms with van der Waals surface area (Å²) < 4.78 is 5.87. The molecule has 0 heterocycles. The van der Waals surface area contributed by atoms with Crippen molar-refractivity contribution in [2.24, 2.45) is 0 Å². The van der Waals surface area contributed by atoms with Crippen molar-refractivity contribution in [3.05, 3.63) is 102 Å². The van der Waals surface area contributed by atoms with Gasteiger partial charge in [-0.15, -0.1) is 11.6 Å². The molecule has 0 aliphatic rings. The van der Waals surface area contributed by atoms with Crippen molar-refractivity contribution in [3.8, 4) is 5.75 Å². The second-order valence-electron chi connectivity index (χ2n) is 7.31. The van der Waals surface area contributed by atoms with E-state index in [1.807, 2.05) is 26.2 Å². The minimum absolute atomic E-state index is 0.250. The molecule has 32 heavy (non-hydrogen) atoms. The fourth-order valence-corrected chi connectivity index (χ4v) is 3.52. The number of carbonyl (C=O) groups is 1. The van der Waals surface area contributed by atoms with Gasteiger partial charge in [-0.05, 0) is 60.5 Å². The zero-order valence-corrected chi connectivity index (χ0v) is 19.3. The lowest BCUT2D eigenvalue weighted by Gasteiger charge is -2.17. The smallest absolute Gasteiger partial charge is 0.290 e. The largest absolute Gasteiger partial charge is 0.492 e. The molecule has 3 rings (SSSR count). The van der Waals surface area contributed by atoms with E-state index in [9.17, 15) is 0 Å². The van der Waals surface area contributed by atoms with E-state index in [1.165, 1.54) is 27.8 Å². The van der Waals surface area contributed by atoms with E-state index in [2.05, 4.69) is 77.7 Å². The molecule has 0 aliphatic carbocycles. The lowest BCUT2D eigenvalue weighted by atomic mass is 9.88. The first-order chi connectivity index (χ1) is 15.6. The number of ether oxygens (including phenoxy) is 1. The Hall–Kier alpha value is -3.08. The Bertz CT molecular complexity index is 955. The molecule has 5 heteroatoms. The van der Waals surface area contributed by atoms with Gasteiger partial charge in [-0.3, -0.25) is 4.79 Å². The van der Waals surface area contributed by atoms with Crippen LogP contribution in [-0.2, 0) is 4.79 Å². The number of hydrogen-bond donors (Lipinski definition) is 1. The minimum atomic E-state index is -0.250. The van der Waals surface area contributed by atoms with Crippen LogP contribution in [-0.4, -0.2) is 49.6 Å². The fourth-order valence-electron chi connectivity index (χ4n) is 3.33. The van der Waals surface area contributed by atoms with Crippen LogP contribution >= 0.6 is 11.6 Å². The average Bonchev–Trinajstić information content (AvgIpc) is 2.81. The molecule has 0 bridgehead atoms. The van der Waals surface area contributed by atoms with E-state index in [4.69, 9.17) is 26.2 Å². The van der Waals surface area contributed by atoms with E-state index in [0.29, 0.717) is 12.5 Å². The highest BCUT2D eigenvalue weighted by atomic mass is 35.5. The molecule has 168 valence electrons. The Labute approximate surface area is 195 Å². The summed E-state index contributed by atoms with van der Waals surface area (Å²) in [5, 5.41) is 6.89. The van der Waals surface area contributed by atoms with Gasteiger partial charge in [0.1, 0.15) is 12.4 Å². The summed E-state index contributed by atoms with van der Waals surface area (Å²) >= 11 is 6.21. The molecular weight excluding hydrogens is 422 g/mol. The molecule has 0 aliphatic heterocycles. The van der Waals surface area contributed by atoms with Crippen LogP contribution in [0.1, 0.15) is 23.1 Å². The number of hydrogen-bond acceptors (Lipinski definition) is 3. The first kappa shape index (κ1) is 25.2. The molecule has 0 amide bonds. The number of allylic oxidation sites excluding steroid dienone is 1. The number of rotatable bonds is 9. The molecule has 0 aromatic heterocycles. The quantitative estimate of drug-likeness (QED) is 0.249. The molecule has 3 aromatic rings. The molecule has 0 unspecified atom stereocenters. The van der Waals surface area contributed by atoms with Gasteiger partial charge < -0.3 is 14.7 Å². The van der Waals surface area contributed by atoms with E-state index in [-0.39, 0.29) is 6.47 Å². The first-order valence-corrected chi connectivity index (χ1v) is 11.0. The van der Waals surface area contributed by atoms with Crippen LogP contribution in [0.5, 0.6) is 5.75 Å². The molecule has 0 radical (unpaired) electrons. The van der Waals surface area contributed by atoms with Crippen molar-refractivity contribution < 1.29 is 14.6 Å². The molecule has 0 spiro atoms. The summed E-state index contributed by atoms with van der Waals surface area (Å²) in [6.07, 6.45) is 0.802. The highest BCUT2D eigenvalue weighted by Crippen LogP contribution is 2.35. The molecule has 0 fully saturated rings. The molecule has 4 nitrogen and oxygen atoms in total. The van der Waals surface area contributed by atoms with Crippen LogP contribution in [0.2, 0.25) is 0 Å². The molecule has 0 atom stereocenters. The summed E-state index contributed by atoms with van der Waals surface area (Å²) in [6, 6.07) is 29.4. The maximum Gasteiger partial charge on any atom is 0.290 e. The third kappa shape index (κ3) is 7.88. The molecule has 1 N–H and O–H groups in total. The third-order valence-corrected chi connectivity index (χ3v) is 4.97. The van der Waals surface area contributed by atoms with Crippen LogP contribution in [0.3, 0.4) is 0 Å². The monoisotopic (exact) mass is 451 g/mol. The van der Waals surface area contributed by atoms with Gasteiger partial charge >= 0.3 is 0 Å². The van der Waals surface area contributed by atoms with Crippen LogP contribution < -0.4 is 4.74 Å². The van der Waals surface area contributed by atoms with Crippen molar-refractivity contribution in [1.82, 2.24) is 4.90 Å². The Balaban J connectivity index is 0.00000114. The zero-order valence-electron chi connectivity index (χ0n) is 18.6. The van der Waals surface area contributed by atoms with E-state index in [1.54, 1.807) is 0 Å². The second kappa shape index (κ2) is 14.1. The lowest BCUT2D eigenvalue weighted by Crippen LogP contribution is -2.19. The Morgan fingerprint density at radius 3 is 1.88 bits per heavy atom. The highest BCUT2D eigenvalue weighted by Gasteiger charge is 2.14. The molecule has 0 saturated carbocycles. The van der Waals surface area contributed by atoms with E-state index in [0.717, 1.165) is 18.7 Å². The summed E-state index contributed by atoms with van der Waals surface area (Å²) in [4.78, 5) is 10.5. The normalized spacial score (nSPS) is 11.2. The topological polar surface area (TPSA) is 49.8 Å². The summed E-state index contributed by atoms with van der Waals surface area (Å²) in [5.41, 5.74) is 6.04.